The number of rotatable bonds is 8. The molecule has 0 bridgehead atoms. The number of nitrogens with zero attached hydrogens (tertiary/aromatic N) is 1. The largest absolute Gasteiger partial charge is 0.497 e. The van der Waals surface area contributed by atoms with Crippen LogP contribution in [0.1, 0.15) is 30.0 Å². The van der Waals surface area contributed by atoms with E-state index >= 15 is 0 Å². The fourth-order valence-electron chi connectivity index (χ4n) is 4.15. The van der Waals surface area contributed by atoms with Gasteiger partial charge in [-0.15, -0.1) is 0 Å². The van der Waals surface area contributed by atoms with Crippen LogP contribution in [-0.2, 0) is 4.79 Å². The number of hydrogen-bond acceptors (Lipinski definition) is 6. The smallest absolute Gasteiger partial charge is 0.306 e. The van der Waals surface area contributed by atoms with Crippen molar-refractivity contribution in [2.24, 2.45) is 5.92 Å². The third kappa shape index (κ3) is 4.31. The van der Waals surface area contributed by atoms with E-state index in [4.69, 9.17) is 18.9 Å². The molecule has 0 saturated carbocycles. The summed E-state index contributed by atoms with van der Waals surface area (Å²) in [7, 11) is 6.51. The first kappa shape index (κ1) is 21.8. The van der Waals surface area contributed by atoms with E-state index in [1.54, 1.807) is 28.4 Å². The lowest BCUT2D eigenvalue weighted by molar-refractivity contribution is -0.143. The van der Waals surface area contributed by atoms with E-state index in [0.29, 0.717) is 37.4 Å². The summed E-state index contributed by atoms with van der Waals surface area (Å²) >= 11 is 0. The molecule has 1 unspecified atom stereocenters. The second kappa shape index (κ2) is 9.71. The Hall–Kier alpha value is -2.93. The summed E-state index contributed by atoms with van der Waals surface area (Å²) in [6, 6.07) is 11.3. The maximum Gasteiger partial charge on any atom is 0.306 e. The number of benzene rings is 2. The highest BCUT2D eigenvalue weighted by molar-refractivity contribution is 5.70. The number of methoxy groups -OCH3 is 4. The molecule has 2 aromatic carbocycles. The molecule has 7 heteroatoms. The standard InChI is InChI=1S/C23H29NO6/c1-27-16-8-9-19(28-2)18(14-16)21(24-12-10-15(11-13-24)23(25)26)17-6-5-7-20(29-3)22(17)30-4/h5-9,14-15,21H,10-13H2,1-4H3,(H,25,26). The predicted molar refractivity (Wildman–Crippen MR) is 113 cm³/mol. The van der Waals surface area contributed by atoms with Gasteiger partial charge in [-0.05, 0) is 50.2 Å². The Balaban J connectivity index is 2.13. The zero-order chi connectivity index (χ0) is 21.7. The van der Waals surface area contributed by atoms with Crippen LogP contribution in [0.4, 0.5) is 0 Å². The summed E-state index contributed by atoms with van der Waals surface area (Å²) < 4.78 is 22.4. The number of carboxylic acids is 1. The van der Waals surface area contributed by atoms with E-state index < -0.39 is 5.97 Å². The summed E-state index contributed by atoms with van der Waals surface area (Å²) in [5.74, 6) is 1.69. The van der Waals surface area contributed by atoms with E-state index in [0.717, 1.165) is 22.6 Å². The van der Waals surface area contributed by atoms with Crippen LogP contribution in [0.15, 0.2) is 36.4 Å². The molecule has 1 N–H and O–H groups in total. The SMILES string of the molecule is COc1ccc(OC)c(C(c2cccc(OC)c2OC)N2CCC(C(=O)O)CC2)c1. The number of piperidine rings is 1. The van der Waals surface area contributed by atoms with Gasteiger partial charge in [0.1, 0.15) is 11.5 Å². The summed E-state index contributed by atoms with van der Waals surface area (Å²) in [6.07, 6.45) is 1.18. The lowest BCUT2D eigenvalue weighted by atomic mass is 9.90. The van der Waals surface area contributed by atoms with Gasteiger partial charge in [0.2, 0.25) is 0 Å². The van der Waals surface area contributed by atoms with Gasteiger partial charge < -0.3 is 24.1 Å². The second-order valence-corrected chi connectivity index (χ2v) is 7.24. The van der Waals surface area contributed by atoms with Crippen LogP contribution in [-0.4, -0.2) is 57.5 Å². The maximum atomic E-state index is 11.4. The van der Waals surface area contributed by atoms with Gasteiger partial charge in [0.15, 0.2) is 11.5 Å². The molecule has 30 heavy (non-hydrogen) atoms. The molecule has 0 aliphatic carbocycles. The Bertz CT molecular complexity index is 874. The number of aliphatic carboxylic acids is 1. The van der Waals surface area contributed by atoms with Crippen LogP contribution >= 0.6 is 0 Å². The van der Waals surface area contributed by atoms with E-state index in [1.807, 2.05) is 36.4 Å². The molecule has 1 fully saturated rings. The number of carbonyl (C=O) groups is 1. The van der Waals surface area contributed by atoms with Crippen molar-refractivity contribution >= 4 is 5.97 Å². The second-order valence-electron chi connectivity index (χ2n) is 7.24. The minimum absolute atomic E-state index is 0.213. The van der Waals surface area contributed by atoms with Crippen LogP contribution in [0.5, 0.6) is 23.0 Å². The molecular weight excluding hydrogens is 386 g/mol. The molecule has 1 atom stereocenters. The van der Waals surface area contributed by atoms with Crippen molar-refractivity contribution in [3.63, 3.8) is 0 Å². The molecule has 1 aliphatic heterocycles. The van der Waals surface area contributed by atoms with Crippen molar-refractivity contribution in [2.45, 2.75) is 18.9 Å². The minimum Gasteiger partial charge on any atom is -0.497 e. The van der Waals surface area contributed by atoms with Crippen molar-refractivity contribution in [1.29, 1.82) is 0 Å². The first-order valence-corrected chi connectivity index (χ1v) is 9.93. The molecule has 1 aliphatic rings. The highest BCUT2D eigenvalue weighted by atomic mass is 16.5. The zero-order valence-electron chi connectivity index (χ0n) is 17.9. The van der Waals surface area contributed by atoms with Crippen LogP contribution in [0.2, 0.25) is 0 Å². The minimum atomic E-state index is -0.732. The van der Waals surface area contributed by atoms with Crippen molar-refractivity contribution in [3.05, 3.63) is 47.5 Å². The van der Waals surface area contributed by atoms with Gasteiger partial charge in [0.05, 0.1) is 40.4 Å². The number of para-hydroxylation sites is 1. The van der Waals surface area contributed by atoms with Gasteiger partial charge in [-0.2, -0.15) is 0 Å². The maximum absolute atomic E-state index is 11.4. The Morgan fingerprint density at radius 3 is 2.20 bits per heavy atom. The van der Waals surface area contributed by atoms with Gasteiger partial charge in [-0.3, -0.25) is 9.69 Å². The van der Waals surface area contributed by atoms with Gasteiger partial charge in [-0.1, -0.05) is 12.1 Å². The molecule has 2 aromatic rings. The zero-order valence-corrected chi connectivity index (χ0v) is 17.9. The van der Waals surface area contributed by atoms with Gasteiger partial charge in [0.25, 0.3) is 0 Å². The molecule has 162 valence electrons. The number of ether oxygens (including phenoxy) is 4. The van der Waals surface area contributed by atoms with Gasteiger partial charge >= 0.3 is 5.97 Å². The molecule has 0 spiro atoms. The number of carboxylic acid groups (broad SMARTS) is 1. The Kier molecular flexibility index (Phi) is 7.05. The fourth-order valence-corrected chi connectivity index (χ4v) is 4.15. The van der Waals surface area contributed by atoms with E-state index in [-0.39, 0.29) is 12.0 Å². The molecule has 0 amide bonds. The van der Waals surface area contributed by atoms with E-state index in [9.17, 15) is 9.90 Å². The molecule has 3 rings (SSSR count). The highest BCUT2D eigenvalue weighted by Gasteiger charge is 2.34. The first-order chi connectivity index (χ1) is 14.5. The quantitative estimate of drug-likeness (QED) is 0.706. The fraction of sp³-hybridized carbons (Fsp3) is 0.435. The third-order valence-corrected chi connectivity index (χ3v) is 5.70. The lowest BCUT2D eigenvalue weighted by Crippen LogP contribution is -2.39. The highest BCUT2D eigenvalue weighted by Crippen LogP contribution is 2.44. The predicted octanol–water partition coefficient (Wildman–Crippen LogP) is 3.61. The number of hydrogen-bond donors (Lipinski definition) is 1. The summed E-state index contributed by atoms with van der Waals surface area (Å²) in [5, 5.41) is 9.41. The summed E-state index contributed by atoms with van der Waals surface area (Å²) in [6.45, 7) is 1.28. The first-order valence-electron chi connectivity index (χ1n) is 9.93. The van der Waals surface area contributed by atoms with Crippen molar-refractivity contribution < 1.29 is 28.8 Å². The van der Waals surface area contributed by atoms with Crippen molar-refractivity contribution in [1.82, 2.24) is 4.90 Å². The van der Waals surface area contributed by atoms with E-state index in [2.05, 4.69) is 4.90 Å². The monoisotopic (exact) mass is 415 g/mol. The van der Waals surface area contributed by atoms with Crippen LogP contribution in [0.3, 0.4) is 0 Å². The molecule has 1 heterocycles. The summed E-state index contributed by atoms with van der Waals surface area (Å²) in [5.41, 5.74) is 1.86. The van der Waals surface area contributed by atoms with Gasteiger partial charge in [0, 0.05) is 11.1 Å². The van der Waals surface area contributed by atoms with Crippen LogP contribution in [0, 0.1) is 5.92 Å². The Morgan fingerprint density at radius 1 is 0.933 bits per heavy atom. The average Bonchev–Trinajstić information content (AvgIpc) is 2.79. The summed E-state index contributed by atoms with van der Waals surface area (Å²) in [4.78, 5) is 13.7. The molecule has 0 aromatic heterocycles. The molecular formula is C23H29NO6. The number of likely N-dealkylation sites (tertiary alicyclic amines) is 1. The van der Waals surface area contributed by atoms with Crippen LogP contribution in [0.25, 0.3) is 0 Å². The topological polar surface area (TPSA) is 77.5 Å². The Labute approximate surface area is 177 Å². The van der Waals surface area contributed by atoms with E-state index in [1.165, 1.54) is 0 Å². The molecule has 0 radical (unpaired) electrons. The average molecular weight is 415 g/mol. The lowest BCUT2D eigenvalue weighted by Gasteiger charge is -2.38. The Morgan fingerprint density at radius 2 is 1.63 bits per heavy atom. The third-order valence-electron chi connectivity index (χ3n) is 5.70. The van der Waals surface area contributed by atoms with Crippen molar-refractivity contribution in [3.8, 4) is 23.0 Å². The molecule has 1 saturated heterocycles. The van der Waals surface area contributed by atoms with Crippen molar-refractivity contribution in [2.75, 3.05) is 41.5 Å². The molecule has 7 nitrogen and oxygen atoms in total. The van der Waals surface area contributed by atoms with Gasteiger partial charge in [-0.25, -0.2) is 0 Å². The van der Waals surface area contributed by atoms with Crippen LogP contribution < -0.4 is 18.9 Å². The normalized spacial score (nSPS) is 16.0.